The standard InChI is InChI=1S/C35H56N8O15S/c1-59(47,48)35-39-23-30(24-40-35)3-2-5-57-28-33(45)37-25-31-27-43(42-41-31)4-6-49-7-8-50-9-10-51-11-12-52-13-14-53-15-16-54-17-18-55-19-20-56-21-22-58-29-34(46)38-26-32(36)44/h23-24,27H,4-22,25-26,28-29H2,1H3,(H2,36,44)(H,37,45)(H,38,46). The van der Waals surface area contributed by atoms with E-state index in [4.69, 9.17) is 53.1 Å². The normalized spacial score (nSPS) is 11.3. The molecule has 2 aromatic heterocycles. The van der Waals surface area contributed by atoms with Crippen LogP contribution in [0, 0.1) is 11.8 Å². The molecule has 4 N–H and O–H groups in total. The van der Waals surface area contributed by atoms with E-state index in [1.54, 1.807) is 10.9 Å². The van der Waals surface area contributed by atoms with E-state index < -0.39 is 21.7 Å². The molecule has 0 radical (unpaired) electrons. The maximum absolute atomic E-state index is 12.0. The van der Waals surface area contributed by atoms with Gasteiger partial charge < -0.3 is 63.7 Å². The summed E-state index contributed by atoms with van der Waals surface area (Å²) >= 11 is 0. The van der Waals surface area contributed by atoms with Crippen LogP contribution in [0.1, 0.15) is 11.3 Å². The van der Waals surface area contributed by atoms with Gasteiger partial charge in [-0.3, -0.25) is 14.4 Å². The highest BCUT2D eigenvalue weighted by molar-refractivity contribution is 7.90. The average Bonchev–Trinajstić information content (AvgIpc) is 3.67. The molecule has 24 heteroatoms. The topological polar surface area (TPSA) is 284 Å². The lowest BCUT2D eigenvalue weighted by atomic mass is 10.3. The number of primary amides is 1. The van der Waals surface area contributed by atoms with Gasteiger partial charge in [-0.25, -0.2) is 23.1 Å². The highest BCUT2D eigenvalue weighted by atomic mass is 32.2. The molecule has 332 valence electrons. The lowest BCUT2D eigenvalue weighted by molar-refractivity contribution is -0.128. The van der Waals surface area contributed by atoms with Crippen LogP contribution in [-0.4, -0.2) is 196 Å². The molecule has 0 aromatic carbocycles. The van der Waals surface area contributed by atoms with E-state index in [0.29, 0.717) is 124 Å². The van der Waals surface area contributed by atoms with Gasteiger partial charge in [0.1, 0.15) is 25.5 Å². The fraction of sp³-hybridized carbons (Fsp3) is 0.686. The molecule has 2 rings (SSSR count). The molecule has 0 aliphatic heterocycles. The summed E-state index contributed by atoms with van der Waals surface area (Å²) in [6.45, 7) is 7.02. The summed E-state index contributed by atoms with van der Waals surface area (Å²) in [5.74, 6) is 4.05. The Morgan fingerprint density at radius 2 is 1.10 bits per heavy atom. The molecule has 2 aromatic rings. The van der Waals surface area contributed by atoms with Gasteiger partial charge >= 0.3 is 0 Å². The molecule has 0 atom stereocenters. The molecule has 3 amide bonds. The summed E-state index contributed by atoms with van der Waals surface area (Å²) in [6, 6.07) is 0. The van der Waals surface area contributed by atoms with Gasteiger partial charge in [0.25, 0.3) is 0 Å². The van der Waals surface area contributed by atoms with Gasteiger partial charge in [0, 0.05) is 18.6 Å². The number of hydrogen-bond acceptors (Lipinski definition) is 19. The van der Waals surface area contributed by atoms with Gasteiger partial charge in [0.15, 0.2) is 0 Å². The summed E-state index contributed by atoms with van der Waals surface area (Å²) in [5.41, 5.74) is 5.93. The number of carbonyl (C=O) groups excluding carboxylic acids is 3. The first kappa shape index (κ1) is 50.9. The average molecular weight is 861 g/mol. The van der Waals surface area contributed by atoms with Crippen molar-refractivity contribution in [3.63, 3.8) is 0 Å². The van der Waals surface area contributed by atoms with E-state index >= 15 is 0 Å². The van der Waals surface area contributed by atoms with Crippen LogP contribution in [0.4, 0.5) is 0 Å². The first-order valence-electron chi connectivity index (χ1n) is 18.6. The van der Waals surface area contributed by atoms with Crippen LogP contribution in [-0.2, 0) is 84.7 Å². The Kier molecular flexibility index (Phi) is 28.9. The first-order valence-corrected chi connectivity index (χ1v) is 20.5. The molecule has 0 aliphatic carbocycles. The van der Waals surface area contributed by atoms with Crippen LogP contribution in [0.3, 0.4) is 0 Å². The van der Waals surface area contributed by atoms with Gasteiger partial charge in [-0.2, -0.15) is 0 Å². The number of nitrogens with zero attached hydrogens (tertiary/aromatic N) is 5. The van der Waals surface area contributed by atoms with Crippen molar-refractivity contribution in [2.75, 3.05) is 145 Å². The van der Waals surface area contributed by atoms with Crippen molar-refractivity contribution in [3.05, 3.63) is 29.8 Å². The van der Waals surface area contributed by atoms with E-state index in [0.717, 1.165) is 6.26 Å². The quantitative estimate of drug-likeness (QED) is 0.0345. The summed E-state index contributed by atoms with van der Waals surface area (Å²) in [5, 5.41) is 12.8. The number of carbonyl (C=O) groups is 3. The predicted octanol–water partition coefficient (Wildman–Crippen LogP) is -3.09. The third kappa shape index (κ3) is 29.6. The summed E-state index contributed by atoms with van der Waals surface area (Å²) < 4.78 is 78.4. The van der Waals surface area contributed by atoms with Gasteiger partial charge in [0.05, 0.1) is 144 Å². The third-order valence-corrected chi connectivity index (χ3v) is 7.66. The minimum absolute atomic E-state index is 0.0152. The number of sulfone groups is 1. The highest BCUT2D eigenvalue weighted by Gasteiger charge is 2.10. The Morgan fingerprint density at radius 1 is 0.661 bits per heavy atom. The van der Waals surface area contributed by atoms with Crippen molar-refractivity contribution in [2.24, 2.45) is 5.73 Å². The monoisotopic (exact) mass is 860 g/mol. The Morgan fingerprint density at radius 3 is 1.58 bits per heavy atom. The zero-order valence-electron chi connectivity index (χ0n) is 33.3. The van der Waals surface area contributed by atoms with Crippen LogP contribution >= 0.6 is 0 Å². The fourth-order valence-electron chi connectivity index (χ4n) is 3.99. The second-order valence-corrected chi connectivity index (χ2v) is 13.7. The van der Waals surface area contributed by atoms with Crippen molar-refractivity contribution >= 4 is 27.6 Å². The van der Waals surface area contributed by atoms with Gasteiger partial charge in [-0.15, -0.1) is 5.10 Å². The zero-order valence-corrected chi connectivity index (χ0v) is 34.2. The number of nitrogens with two attached hydrogens (primary N) is 1. The number of hydrogen-bond donors (Lipinski definition) is 3. The fourth-order valence-corrected chi connectivity index (χ4v) is 4.48. The largest absolute Gasteiger partial charge is 0.377 e. The van der Waals surface area contributed by atoms with Gasteiger partial charge in [0.2, 0.25) is 32.7 Å². The predicted molar refractivity (Wildman–Crippen MR) is 204 cm³/mol. The van der Waals surface area contributed by atoms with E-state index in [1.165, 1.54) is 12.4 Å². The molecule has 0 saturated heterocycles. The van der Waals surface area contributed by atoms with E-state index in [-0.39, 0.29) is 50.6 Å². The van der Waals surface area contributed by atoms with Crippen molar-refractivity contribution in [1.82, 2.24) is 35.6 Å². The lowest BCUT2D eigenvalue weighted by Crippen LogP contribution is -2.35. The summed E-state index contributed by atoms with van der Waals surface area (Å²) in [7, 11) is -3.48. The van der Waals surface area contributed by atoms with Crippen molar-refractivity contribution < 1.29 is 70.2 Å². The number of rotatable bonds is 37. The molecule has 23 nitrogen and oxygen atoms in total. The molecule has 0 saturated carbocycles. The SMILES string of the molecule is CS(=O)(=O)c1ncc(C#CCOCC(=O)NCc2cn(CCOCCOCCOCCOCCOCCOCCOCCOCCOCC(=O)NCC(N)=O)nn2)cn1. The van der Waals surface area contributed by atoms with Crippen LogP contribution in [0.25, 0.3) is 0 Å². The van der Waals surface area contributed by atoms with Gasteiger partial charge in [-0.05, 0) is 0 Å². The molecule has 0 bridgehead atoms. The smallest absolute Gasteiger partial charge is 0.246 e. The van der Waals surface area contributed by atoms with Crippen molar-refractivity contribution in [1.29, 1.82) is 0 Å². The molecule has 59 heavy (non-hydrogen) atoms. The Bertz CT molecular complexity index is 1610. The van der Waals surface area contributed by atoms with Gasteiger partial charge in [-0.1, -0.05) is 17.1 Å². The Hall–Kier alpha value is -4.26. The maximum atomic E-state index is 12.0. The molecule has 0 aliphatic rings. The molecular weight excluding hydrogens is 804 g/mol. The van der Waals surface area contributed by atoms with E-state index in [9.17, 15) is 22.8 Å². The summed E-state index contributed by atoms with van der Waals surface area (Å²) in [6.07, 6.45) is 5.32. The van der Waals surface area contributed by atoms with Crippen molar-refractivity contribution in [2.45, 2.75) is 18.2 Å². The Labute approximate surface area is 343 Å². The zero-order chi connectivity index (χ0) is 42.7. The van der Waals surface area contributed by atoms with Crippen LogP contribution in [0.5, 0.6) is 0 Å². The minimum Gasteiger partial charge on any atom is -0.377 e. The number of amides is 3. The third-order valence-electron chi connectivity index (χ3n) is 6.79. The van der Waals surface area contributed by atoms with Crippen LogP contribution in [0.15, 0.2) is 23.7 Å². The molecule has 0 fully saturated rings. The maximum Gasteiger partial charge on any atom is 0.246 e. The number of ether oxygens (including phenoxy) is 10. The Balaban J connectivity index is 1.26. The first-order chi connectivity index (χ1) is 28.6. The molecular formula is C35H56N8O15S. The van der Waals surface area contributed by atoms with E-state index in [1.807, 2.05) is 0 Å². The lowest BCUT2D eigenvalue weighted by Gasteiger charge is -2.09. The second kappa shape index (κ2) is 33.6. The summed E-state index contributed by atoms with van der Waals surface area (Å²) in [4.78, 5) is 41.4. The molecule has 0 unspecified atom stereocenters. The molecule has 0 spiro atoms. The highest BCUT2D eigenvalue weighted by Crippen LogP contribution is 2.01. The minimum atomic E-state index is -3.48. The number of aromatic nitrogens is 5. The van der Waals surface area contributed by atoms with E-state index in [2.05, 4.69) is 42.8 Å². The molecule has 2 heterocycles. The second-order valence-electron chi connectivity index (χ2n) is 11.8. The number of nitrogens with one attached hydrogen (secondary N) is 2. The van der Waals surface area contributed by atoms with Crippen LogP contribution in [0.2, 0.25) is 0 Å². The van der Waals surface area contributed by atoms with Crippen molar-refractivity contribution in [3.8, 4) is 11.8 Å². The van der Waals surface area contributed by atoms with Crippen LogP contribution < -0.4 is 16.4 Å².